The Labute approximate surface area is 137 Å². The lowest BCUT2D eigenvalue weighted by atomic mass is 10.0. The number of ether oxygens (including phenoxy) is 1. The van der Waals surface area contributed by atoms with E-state index in [2.05, 4.69) is 26.6 Å². The number of H-pyrrole nitrogens is 1. The van der Waals surface area contributed by atoms with Gasteiger partial charge in [-0.1, -0.05) is 6.08 Å². The summed E-state index contributed by atoms with van der Waals surface area (Å²) in [5.74, 6) is 2.10. The molecule has 3 N–H and O–H groups in total. The quantitative estimate of drug-likeness (QED) is 0.668. The Hall–Kier alpha value is -1.44. The summed E-state index contributed by atoms with van der Waals surface area (Å²) in [6.07, 6.45) is 4.66. The molecule has 1 fully saturated rings. The van der Waals surface area contributed by atoms with Gasteiger partial charge in [0.05, 0.1) is 19.3 Å². The maximum atomic E-state index is 10.3. The fourth-order valence-corrected chi connectivity index (χ4v) is 3.34. The second-order valence-corrected chi connectivity index (χ2v) is 6.75. The van der Waals surface area contributed by atoms with Crippen LogP contribution in [-0.2, 0) is 4.74 Å². The largest absolute Gasteiger partial charge is 0.393 e. The molecule has 128 valence electrons. The molecule has 7 nitrogen and oxygen atoms in total. The highest BCUT2D eigenvalue weighted by molar-refractivity contribution is 5.26. The van der Waals surface area contributed by atoms with Crippen molar-refractivity contribution in [2.45, 2.75) is 31.3 Å². The molecule has 1 aromatic heterocycles. The van der Waals surface area contributed by atoms with Gasteiger partial charge in [0.2, 0.25) is 5.95 Å². The van der Waals surface area contributed by atoms with Crippen LogP contribution in [0.15, 0.2) is 11.6 Å². The number of hydrogen-bond donors (Lipinski definition) is 3. The Balaban J connectivity index is 1.48. The fraction of sp³-hybridized carbons (Fsp3) is 0.750. The van der Waals surface area contributed by atoms with Crippen LogP contribution in [0.2, 0.25) is 0 Å². The zero-order valence-corrected chi connectivity index (χ0v) is 14.0. The number of hydrogen-bond acceptors (Lipinski definition) is 6. The normalized spacial score (nSPS) is 28.0. The molecule has 0 spiro atoms. The summed E-state index contributed by atoms with van der Waals surface area (Å²) in [4.78, 5) is 6.40. The van der Waals surface area contributed by atoms with Gasteiger partial charge in [-0.05, 0) is 30.8 Å². The Morgan fingerprint density at radius 1 is 1.43 bits per heavy atom. The minimum atomic E-state index is -0.281. The molecule has 23 heavy (non-hydrogen) atoms. The third-order valence-electron chi connectivity index (χ3n) is 4.68. The summed E-state index contributed by atoms with van der Waals surface area (Å²) in [6, 6.07) is 0. The van der Waals surface area contributed by atoms with E-state index in [1.165, 1.54) is 5.57 Å². The highest BCUT2D eigenvalue weighted by Crippen LogP contribution is 2.37. The van der Waals surface area contributed by atoms with Crippen molar-refractivity contribution in [2.75, 3.05) is 45.3 Å². The van der Waals surface area contributed by atoms with Crippen molar-refractivity contribution in [3.8, 4) is 0 Å². The minimum absolute atomic E-state index is 0.259. The smallest absolute Gasteiger partial charge is 0.244 e. The van der Waals surface area contributed by atoms with Crippen LogP contribution in [0.25, 0.3) is 0 Å². The molecule has 0 bridgehead atoms. The summed E-state index contributed by atoms with van der Waals surface area (Å²) < 4.78 is 5.44. The molecule has 1 aliphatic heterocycles. The molecule has 2 heterocycles. The highest BCUT2D eigenvalue weighted by atomic mass is 16.5. The molecule has 3 rings (SSSR count). The topological polar surface area (TPSA) is 86.3 Å². The van der Waals surface area contributed by atoms with Crippen LogP contribution in [-0.4, -0.2) is 66.8 Å². The number of rotatable bonds is 6. The van der Waals surface area contributed by atoms with E-state index in [1.54, 1.807) is 0 Å². The lowest BCUT2D eigenvalue weighted by molar-refractivity contribution is 0.130. The summed E-state index contributed by atoms with van der Waals surface area (Å²) in [6.45, 7) is 3.23. The molecule has 0 aromatic carbocycles. The van der Waals surface area contributed by atoms with E-state index in [-0.39, 0.29) is 17.9 Å². The summed E-state index contributed by atoms with van der Waals surface area (Å²) in [7, 11) is 3.85. The van der Waals surface area contributed by atoms with E-state index in [1.807, 2.05) is 19.0 Å². The lowest BCUT2D eigenvalue weighted by Gasteiger charge is -2.18. The molecule has 1 saturated carbocycles. The van der Waals surface area contributed by atoms with Crippen LogP contribution in [0.5, 0.6) is 0 Å². The Kier molecular flexibility index (Phi) is 5.30. The minimum Gasteiger partial charge on any atom is -0.393 e. The molecule has 0 unspecified atom stereocenters. The predicted octanol–water partition coefficient (Wildman–Crippen LogP) is 0.661. The van der Waals surface area contributed by atoms with Gasteiger partial charge in [0.25, 0.3) is 0 Å². The Bertz CT molecular complexity index is 542. The first-order valence-electron chi connectivity index (χ1n) is 8.37. The fourth-order valence-electron chi connectivity index (χ4n) is 3.34. The first-order chi connectivity index (χ1) is 11.1. The molecule has 3 atom stereocenters. The molecule has 0 saturated heterocycles. The molecule has 1 aromatic rings. The average molecular weight is 321 g/mol. The van der Waals surface area contributed by atoms with Crippen molar-refractivity contribution in [1.29, 1.82) is 0 Å². The van der Waals surface area contributed by atoms with Crippen molar-refractivity contribution in [1.82, 2.24) is 20.5 Å². The molecule has 2 aliphatic rings. The zero-order chi connectivity index (χ0) is 16.2. The SMILES string of the molecule is CN(C)c1n[nH]c([C@H]2C[C@H](CNCC3=CCCOC3)[C@H](O)C2)n1. The Morgan fingerprint density at radius 2 is 2.30 bits per heavy atom. The van der Waals surface area contributed by atoms with E-state index in [0.717, 1.165) is 51.4 Å². The van der Waals surface area contributed by atoms with Gasteiger partial charge in [-0.2, -0.15) is 4.98 Å². The van der Waals surface area contributed by atoms with Gasteiger partial charge >= 0.3 is 0 Å². The van der Waals surface area contributed by atoms with Crippen molar-refractivity contribution in [3.63, 3.8) is 0 Å². The van der Waals surface area contributed by atoms with E-state index >= 15 is 0 Å². The number of aromatic amines is 1. The van der Waals surface area contributed by atoms with Crippen LogP contribution >= 0.6 is 0 Å². The standard InChI is InChI=1S/C16H27N5O2/c1-21(2)16-18-15(19-20-16)12-6-13(14(22)7-12)9-17-8-11-4-3-5-23-10-11/h4,12-14,17,22H,3,5-10H2,1-2H3,(H,18,19,20)/t12-,13+,14+/m0/s1. The van der Waals surface area contributed by atoms with E-state index in [4.69, 9.17) is 4.74 Å². The third kappa shape index (κ3) is 4.10. The lowest BCUT2D eigenvalue weighted by Crippen LogP contribution is -2.30. The summed E-state index contributed by atoms with van der Waals surface area (Å²) in [5.41, 5.74) is 1.31. The van der Waals surface area contributed by atoms with Crippen molar-refractivity contribution in [2.24, 2.45) is 5.92 Å². The average Bonchev–Trinajstić information content (AvgIpc) is 3.16. The number of aromatic nitrogens is 3. The van der Waals surface area contributed by atoms with Crippen LogP contribution in [0.3, 0.4) is 0 Å². The van der Waals surface area contributed by atoms with E-state index in [9.17, 15) is 5.11 Å². The van der Waals surface area contributed by atoms with Gasteiger partial charge in [0.1, 0.15) is 5.82 Å². The number of nitrogens with zero attached hydrogens (tertiary/aromatic N) is 3. The predicted molar refractivity (Wildman–Crippen MR) is 88.6 cm³/mol. The van der Waals surface area contributed by atoms with Crippen LogP contribution < -0.4 is 10.2 Å². The van der Waals surface area contributed by atoms with Crippen molar-refractivity contribution in [3.05, 3.63) is 17.5 Å². The zero-order valence-electron chi connectivity index (χ0n) is 14.0. The summed E-state index contributed by atoms with van der Waals surface area (Å²) in [5, 5.41) is 21.0. The van der Waals surface area contributed by atoms with E-state index < -0.39 is 0 Å². The van der Waals surface area contributed by atoms with Crippen molar-refractivity contribution >= 4 is 5.95 Å². The highest BCUT2D eigenvalue weighted by Gasteiger charge is 2.35. The number of nitrogens with one attached hydrogen (secondary N) is 2. The van der Waals surface area contributed by atoms with E-state index in [0.29, 0.717) is 5.95 Å². The van der Waals surface area contributed by atoms with Gasteiger partial charge in [-0.3, -0.25) is 5.10 Å². The van der Waals surface area contributed by atoms with Gasteiger partial charge in [-0.25, -0.2) is 0 Å². The number of anilines is 1. The van der Waals surface area contributed by atoms with Crippen LogP contribution in [0.4, 0.5) is 5.95 Å². The van der Waals surface area contributed by atoms with Crippen molar-refractivity contribution < 1.29 is 9.84 Å². The third-order valence-corrected chi connectivity index (χ3v) is 4.68. The summed E-state index contributed by atoms with van der Waals surface area (Å²) >= 11 is 0. The first-order valence-corrected chi connectivity index (χ1v) is 8.37. The first kappa shape index (κ1) is 16.4. The molecule has 1 aliphatic carbocycles. The monoisotopic (exact) mass is 321 g/mol. The molecule has 7 heteroatoms. The maximum absolute atomic E-state index is 10.3. The molecular weight excluding hydrogens is 294 g/mol. The second-order valence-electron chi connectivity index (χ2n) is 6.75. The molecule has 0 amide bonds. The number of aliphatic hydroxyl groups excluding tert-OH is 1. The van der Waals surface area contributed by atoms with Gasteiger partial charge in [0, 0.05) is 33.1 Å². The van der Waals surface area contributed by atoms with Crippen LogP contribution in [0.1, 0.15) is 31.0 Å². The maximum Gasteiger partial charge on any atom is 0.244 e. The van der Waals surface area contributed by atoms with Gasteiger partial charge < -0.3 is 20.1 Å². The van der Waals surface area contributed by atoms with Gasteiger partial charge in [-0.15, -0.1) is 5.10 Å². The molecular formula is C16H27N5O2. The van der Waals surface area contributed by atoms with Crippen LogP contribution in [0, 0.1) is 5.92 Å². The second kappa shape index (κ2) is 7.42. The molecule has 0 radical (unpaired) electrons. The Morgan fingerprint density at radius 3 is 3.00 bits per heavy atom. The number of aliphatic hydroxyl groups is 1. The van der Waals surface area contributed by atoms with Gasteiger partial charge in [0.15, 0.2) is 0 Å².